The molecule has 0 amide bonds. The third-order valence-corrected chi connectivity index (χ3v) is 3.49. The van der Waals surface area contributed by atoms with Crippen molar-refractivity contribution < 1.29 is 9.50 Å². The van der Waals surface area contributed by atoms with Gasteiger partial charge in [-0.2, -0.15) is 0 Å². The Balaban J connectivity index is 2.23. The van der Waals surface area contributed by atoms with Gasteiger partial charge >= 0.3 is 0 Å². The molecule has 1 aliphatic carbocycles. The predicted molar refractivity (Wildman–Crippen MR) is 58.3 cm³/mol. The maximum Gasteiger partial charge on any atom is 0.130 e. The van der Waals surface area contributed by atoms with Gasteiger partial charge in [0, 0.05) is 10.6 Å². The first-order valence-electron chi connectivity index (χ1n) is 5.05. The molecule has 1 aliphatic rings. The standard InChI is InChI=1S/C12H14ClFO/c1-12(2)6-9(12)11(15)8-4-3-7(13)5-10(8)14/h3-5,9,11,15H,6H2,1-2H3. The second-order valence-corrected chi connectivity index (χ2v) is 5.35. The highest BCUT2D eigenvalue weighted by Crippen LogP contribution is 2.57. The molecule has 1 saturated carbocycles. The van der Waals surface area contributed by atoms with Gasteiger partial charge in [-0.15, -0.1) is 0 Å². The van der Waals surface area contributed by atoms with Crippen LogP contribution in [0.2, 0.25) is 5.02 Å². The van der Waals surface area contributed by atoms with Gasteiger partial charge in [0.15, 0.2) is 0 Å². The highest BCUT2D eigenvalue weighted by molar-refractivity contribution is 6.30. The summed E-state index contributed by atoms with van der Waals surface area (Å²) in [5.41, 5.74) is 0.487. The molecule has 0 radical (unpaired) electrons. The van der Waals surface area contributed by atoms with Crippen molar-refractivity contribution in [1.29, 1.82) is 0 Å². The molecule has 0 spiro atoms. The van der Waals surface area contributed by atoms with Crippen LogP contribution in [0.15, 0.2) is 18.2 Å². The fraction of sp³-hybridized carbons (Fsp3) is 0.500. The Morgan fingerprint density at radius 1 is 1.53 bits per heavy atom. The molecule has 0 saturated heterocycles. The summed E-state index contributed by atoms with van der Waals surface area (Å²) in [6.07, 6.45) is 0.230. The Hall–Kier alpha value is -0.600. The smallest absolute Gasteiger partial charge is 0.130 e. The van der Waals surface area contributed by atoms with Crippen LogP contribution in [0.4, 0.5) is 4.39 Å². The van der Waals surface area contributed by atoms with Crippen LogP contribution in [0, 0.1) is 17.2 Å². The second kappa shape index (κ2) is 3.46. The van der Waals surface area contributed by atoms with E-state index in [4.69, 9.17) is 11.6 Å². The van der Waals surface area contributed by atoms with Crippen molar-refractivity contribution in [2.45, 2.75) is 26.4 Å². The minimum atomic E-state index is -0.711. The molecule has 1 fully saturated rings. The number of aliphatic hydroxyl groups excluding tert-OH is 1. The normalized spacial score (nSPS) is 25.0. The van der Waals surface area contributed by atoms with Crippen LogP contribution in [0.1, 0.15) is 31.9 Å². The van der Waals surface area contributed by atoms with Crippen molar-refractivity contribution in [1.82, 2.24) is 0 Å². The van der Waals surface area contributed by atoms with E-state index in [1.165, 1.54) is 6.07 Å². The van der Waals surface area contributed by atoms with E-state index in [1.807, 2.05) is 0 Å². The first-order valence-corrected chi connectivity index (χ1v) is 5.42. The van der Waals surface area contributed by atoms with Crippen LogP contribution in [0.3, 0.4) is 0 Å². The number of aliphatic hydroxyl groups is 1. The lowest BCUT2D eigenvalue weighted by molar-refractivity contribution is 0.134. The summed E-state index contributed by atoms with van der Waals surface area (Å²) < 4.78 is 13.5. The minimum absolute atomic E-state index is 0.130. The highest BCUT2D eigenvalue weighted by Gasteiger charge is 2.50. The van der Waals surface area contributed by atoms with Crippen molar-refractivity contribution in [3.63, 3.8) is 0 Å². The largest absolute Gasteiger partial charge is 0.388 e. The zero-order chi connectivity index (χ0) is 11.2. The molecular weight excluding hydrogens is 215 g/mol. The van der Waals surface area contributed by atoms with Crippen LogP contribution in [-0.2, 0) is 0 Å². The lowest BCUT2D eigenvalue weighted by Gasteiger charge is -2.13. The first-order chi connectivity index (χ1) is 6.92. The number of hydrogen-bond donors (Lipinski definition) is 1. The van der Waals surface area contributed by atoms with Crippen molar-refractivity contribution >= 4 is 11.6 Å². The summed E-state index contributed by atoms with van der Waals surface area (Å²) in [6.45, 7) is 4.16. The second-order valence-electron chi connectivity index (χ2n) is 4.91. The van der Waals surface area contributed by atoms with Crippen molar-refractivity contribution in [2.24, 2.45) is 11.3 Å². The SMILES string of the molecule is CC1(C)CC1C(O)c1ccc(Cl)cc1F. The van der Waals surface area contributed by atoms with Gasteiger partial charge in [0.25, 0.3) is 0 Å². The molecule has 1 nitrogen and oxygen atoms in total. The van der Waals surface area contributed by atoms with E-state index in [-0.39, 0.29) is 11.3 Å². The van der Waals surface area contributed by atoms with Gasteiger partial charge in [-0.05, 0) is 29.9 Å². The Morgan fingerprint density at radius 3 is 2.60 bits per heavy atom. The van der Waals surface area contributed by atoms with Gasteiger partial charge in [-0.3, -0.25) is 0 Å². The number of rotatable bonds is 2. The average molecular weight is 229 g/mol. The van der Waals surface area contributed by atoms with Crippen LogP contribution in [-0.4, -0.2) is 5.11 Å². The fourth-order valence-corrected chi connectivity index (χ4v) is 2.16. The third kappa shape index (κ3) is 2.01. The number of hydrogen-bond acceptors (Lipinski definition) is 1. The van der Waals surface area contributed by atoms with Crippen LogP contribution >= 0.6 is 11.6 Å². The van der Waals surface area contributed by atoms with E-state index in [9.17, 15) is 9.50 Å². The van der Waals surface area contributed by atoms with E-state index in [0.29, 0.717) is 10.6 Å². The third-order valence-electron chi connectivity index (χ3n) is 3.25. The molecular formula is C12H14ClFO. The molecule has 0 bridgehead atoms. The topological polar surface area (TPSA) is 20.2 Å². The van der Waals surface area contributed by atoms with Crippen molar-refractivity contribution in [2.75, 3.05) is 0 Å². The molecule has 0 aliphatic heterocycles. The summed E-state index contributed by atoms with van der Waals surface area (Å²) >= 11 is 5.65. The average Bonchev–Trinajstić information content (AvgIpc) is 2.74. The molecule has 2 atom stereocenters. The molecule has 1 N–H and O–H groups in total. The van der Waals surface area contributed by atoms with Gasteiger partial charge < -0.3 is 5.11 Å². The molecule has 1 aromatic carbocycles. The van der Waals surface area contributed by atoms with Gasteiger partial charge in [0.2, 0.25) is 0 Å². The Morgan fingerprint density at radius 2 is 2.13 bits per heavy atom. The van der Waals surface area contributed by atoms with Gasteiger partial charge in [0.1, 0.15) is 5.82 Å². The number of halogens is 2. The van der Waals surface area contributed by atoms with Crippen molar-refractivity contribution in [3.8, 4) is 0 Å². The molecule has 1 aromatic rings. The predicted octanol–water partition coefficient (Wildman–Crippen LogP) is 3.56. The Bertz CT molecular complexity index is 389. The zero-order valence-corrected chi connectivity index (χ0v) is 9.55. The van der Waals surface area contributed by atoms with E-state index >= 15 is 0 Å². The lowest BCUT2D eigenvalue weighted by Crippen LogP contribution is -2.06. The quantitative estimate of drug-likeness (QED) is 0.821. The first kappa shape index (κ1) is 10.9. The molecule has 2 unspecified atom stereocenters. The zero-order valence-electron chi connectivity index (χ0n) is 8.80. The van der Waals surface area contributed by atoms with Crippen LogP contribution < -0.4 is 0 Å². The summed E-state index contributed by atoms with van der Waals surface area (Å²) in [6, 6.07) is 4.42. The van der Waals surface area contributed by atoms with E-state index in [1.54, 1.807) is 12.1 Å². The summed E-state index contributed by atoms with van der Waals surface area (Å²) in [5, 5.41) is 10.3. The molecule has 0 aromatic heterocycles. The molecule has 3 heteroatoms. The number of benzene rings is 1. The maximum atomic E-state index is 13.5. The minimum Gasteiger partial charge on any atom is -0.388 e. The Labute approximate surface area is 93.9 Å². The van der Waals surface area contributed by atoms with Gasteiger partial charge in [0.05, 0.1) is 6.10 Å². The maximum absolute atomic E-state index is 13.5. The molecule has 0 heterocycles. The monoisotopic (exact) mass is 228 g/mol. The Kier molecular flexibility index (Phi) is 2.52. The highest BCUT2D eigenvalue weighted by atomic mass is 35.5. The van der Waals surface area contributed by atoms with Crippen LogP contribution in [0.5, 0.6) is 0 Å². The summed E-state index contributed by atoms with van der Waals surface area (Å²) in [7, 11) is 0. The molecule has 82 valence electrons. The van der Waals surface area contributed by atoms with Gasteiger partial charge in [-0.25, -0.2) is 4.39 Å². The summed E-state index contributed by atoms with van der Waals surface area (Å²) in [4.78, 5) is 0. The van der Waals surface area contributed by atoms with E-state index < -0.39 is 11.9 Å². The van der Waals surface area contributed by atoms with Gasteiger partial charge in [-0.1, -0.05) is 31.5 Å². The lowest BCUT2D eigenvalue weighted by atomic mass is 9.99. The van der Waals surface area contributed by atoms with E-state index in [0.717, 1.165) is 6.42 Å². The van der Waals surface area contributed by atoms with E-state index in [2.05, 4.69) is 13.8 Å². The van der Waals surface area contributed by atoms with Crippen LogP contribution in [0.25, 0.3) is 0 Å². The summed E-state index contributed by atoms with van der Waals surface area (Å²) in [5.74, 6) is -0.258. The molecule has 15 heavy (non-hydrogen) atoms. The molecule has 2 rings (SSSR count). The van der Waals surface area contributed by atoms with Crippen molar-refractivity contribution in [3.05, 3.63) is 34.6 Å². The fourth-order valence-electron chi connectivity index (χ4n) is 2.00.